The first-order valence-electron chi connectivity index (χ1n) is 7.29. The minimum Gasteiger partial charge on any atom is -0.313 e. The van der Waals surface area contributed by atoms with Crippen LogP contribution in [0.25, 0.3) is 0 Å². The van der Waals surface area contributed by atoms with Gasteiger partial charge in [0.05, 0.1) is 0 Å². The second-order valence-corrected chi connectivity index (χ2v) is 5.89. The van der Waals surface area contributed by atoms with E-state index in [2.05, 4.69) is 71.2 Å². The van der Waals surface area contributed by atoms with Gasteiger partial charge in [0.2, 0.25) is 0 Å². The van der Waals surface area contributed by atoms with E-state index in [4.69, 9.17) is 0 Å². The largest absolute Gasteiger partial charge is 0.313 e. The van der Waals surface area contributed by atoms with E-state index >= 15 is 0 Å². The Bertz CT molecular complexity index is 368. The fourth-order valence-corrected chi connectivity index (χ4v) is 3.02. The van der Waals surface area contributed by atoms with Crippen LogP contribution in [0.2, 0.25) is 0 Å². The van der Waals surface area contributed by atoms with Gasteiger partial charge in [-0.25, -0.2) is 0 Å². The predicted octanol–water partition coefficient (Wildman–Crippen LogP) is 4.22. The monoisotopic (exact) mass is 326 g/mol. The van der Waals surface area contributed by atoms with E-state index in [1.165, 1.54) is 16.5 Å². The summed E-state index contributed by atoms with van der Waals surface area (Å²) in [7, 11) is 2.05. The molecule has 0 amide bonds. The molecule has 0 spiro atoms. The van der Waals surface area contributed by atoms with Crippen molar-refractivity contribution in [1.29, 1.82) is 0 Å². The van der Waals surface area contributed by atoms with Crippen LogP contribution in [0.1, 0.15) is 45.2 Å². The standard InChI is InChI=1S/C16H27BrN2/c1-5-13(3)19(6-2)12-11-16(18-4)14-9-7-8-10-15(14)17/h7-10,13,16,18H,5-6,11-12H2,1-4H3. The molecule has 2 unspecified atom stereocenters. The van der Waals surface area contributed by atoms with Gasteiger partial charge in [0.25, 0.3) is 0 Å². The SMILES string of the molecule is CCC(C)N(CC)CCC(NC)c1ccccc1Br. The van der Waals surface area contributed by atoms with Crippen LogP contribution in [0.15, 0.2) is 28.7 Å². The molecule has 1 aromatic carbocycles. The third-order valence-corrected chi connectivity index (χ3v) is 4.68. The zero-order chi connectivity index (χ0) is 14.3. The second kappa shape index (κ2) is 8.72. The van der Waals surface area contributed by atoms with Gasteiger partial charge in [-0.3, -0.25) is 0 Å². The Labute approximate surface area is 126 Å². The Morgan fingerprint density at radius 2 is 1.95 bits per heavy atom. The molecule has 0 fully saturated rings. The van der Waals surface area contributed by atoms with Crippen molar-refractivity contribution < 1.29 is 0 Å². The van der Waals surface area contributed by atoms with Gasteiger partial charge in [-0.05, 0) is 45.0 Å². The summed E-state index contributed by atoms with van der Waals surface area (Å²) >= 11 is 3.65. The molecule has 1 aromatic rings. The molecule has 0 aliphatic carbocycles. The first-order chi connectivity index (χ1) is 9.13. The topological polar surface area (TPSA) is 15.3 Å². The lowest BCUT2D eigenvalue weighted by atomic mass is 10.0. The van der Waals surface area contributed by atoms with E-state index in [0.29, 0.717) is 12.1 Å². The molecular formula is C16H27BrN2. The molecule has 1 N–H and O–H groups in total. The van der Waals surface area contributed by atoms with Crippen LogP contribution in [0.3, 0.4) is 0 Å². The van der Waals surface area contributed by atoms with Crippen LogP contribution >= 0.6 is 15.9 Å². The maximum absolute atomic E-state index is 3.65. The molecule has 0 saturated heterocycles. The fraction of sp³-hybridized carbons (Fsp3) is 0.625. The Morgan fingerprint density at radius 1 is 1.26 bits per heavy atom. The lowest BCUT2D eigenvalue weighted by Gasteiger charge is -2.29. The third-order valence-electron chi connectivity index (χ3n) is 3.95. The van der Waals surface area contributed by atoms with Crippen LogP contribution in [0.5, 0.6) is 0 Å². The molecule has 108 valence electrons. The number of rotatable bonds is 8. The zero-order valence-electron chi connectivity index (χ0n) is 12.6. The summed E-state index contributed by atoms with van der Waals surface area (Å²) in [6, 6.07) is 9.57. The molecule has 2 atom stereocenters. The molecule has 0 aromatic heterocycles. The van der Waals surface area contributed by atoms with Gasteiger partial charge in [-0.2, -0.15) is 0 Å². The summed E-state index contributed by atoms with van der Waals surface area (Å²) in [5, 5.41) is 3.44. The molecule has 0 radical (unpaired) electrons. The Morgan fingerprint density at radius 3 is 2.47 bits per heavy atom. The van der Waals surface area contributed by atoms with E-state index in [0.717, 1.165) is 19.5 Å². The van der Waals surface area contributed by atoms with Gasteiger partial charge in [-0.1, -0.05) is 48.0 Å². The van der Waals surface area contributed by atoms with Gasteiger partial charge < -0.3 is 10.2 Å². The van der Waals surface area contributed by atoms with Gasteiger partial charge >= 0.3 is 0 Å². The summed E-state index contributed by atoms with van der Waals surface area (Å²) < 4.78 is 1.20. The smallest absolute Gasteiger partial charge is 0.0340 e. The molecule has 0 bridgehead atoms. The van der Waals surface area contributed by atoms with Crippen LogP contribution in [0, 0.1) is 0 Å². The number of hydrogen-bond acceptors (Lipinski definition) is 2. The van der Waals surface area contributed by atoms with E-state index in [9.17, 15) is 0 Å². The average Bonchev–Trinajstić information content (AvgIpc) is 2.44. The van der Waals surface area contributed by atoms with E-state index in [1.54, 1.807) is 0 Å². The van der Waals surface area contributed by atoms with Crippen LogP contribution < -0.4 is 5.32 Å². The highest BCUT2D eigenvalue weighted by molar-refractivity contribution is 9.10. The number of halogens is 1. The lowest BCUT2D eigenvalue weighted by Crippen LogP contribution is -2.35. The molecular weight excluding hydrogens is 300 g/mol. The Hall–Kier alpha value is -0.380. The molecule has 0 aliphatic heterocycles. The highest BCUT2D eigenvalue weighted by atomic mass is 79.9. The molecule has 0 heterocycles. The number of nitrogens with one attached hydrogen (secondary N) is 1. The van der Waals surface area contributed by atoms with Crippen molar-refractivity contribution in [2.45, 2.75) is 45.7 Å². The highest BCUT2D eigenvalue weighted by Gasteiger charge is 2.15. The predicted molar refractivity (Wildman–Crippen MR) is 87.6 cm³/mol. The average molecular weight is 327 g/mol. The van der Waals surface area contributed by atoms with E-state index in [-0.39, 0.29) is 0 Å². The van der Waals surface area contributed by atoms with E-state index in [1.807, 2.05) is 7.05 Å². The molecule has 2 nitrogen and oxygen atoms in total. The second-order valence-electron chi connectivity index (χ2n) is 5.04. The van der Waals surface area contributed by atoms with Crippen molar-refractivity contribution in [1.82, 2.24) is 10.2 Å². The van der Waals surface area contributed by atoms with Crippen molar-refractivity contribution in [3.8, 4) is 0 Å². The quantitative estimate of drug-likeness (QED) is 0.769. The van der Waals surface area contributed by atoms with Gasteiger partial charge in [0.15, 0.2) is 0 Å². The van der Waals surface area contributed by atoms with Crippen molar-refractivity contribution in [3.05, 3.63) is 34.3 Å². The van der Waals surface area contributed by atoms with Gasteiger partial charge in [0.1, 0.15) is 0 Å². The van der Waals surface area contributed by atoms with Crippen LogP contribution in [0.4, 0.5) is 0 Å². The van der Waals surface area contributed by atoms with Gasteiger partial charge in [0, 0.05) is 23.1 Å². The first-order valence-corrected chi connectivity index (χ1v) is 8.09. The molecule has 0 aliphatic rings. The van der Waals surface area contributed by atoms with Crippen LogP contribution in [-0.2, 0) is 0 Å². The summed E-state index contributed by atoms with van der Waals surface area (Å²) in [6.45, 7) is 9.09. The minimum atomic E-state index is 0.411. The van der Waals surface area contributed by atoms with Crippen molar-refractivity contribution in [2.75, 3.05) is 20.1 Å². The normalized spacial score (nSPS) is 14.6. The minimum absolute atomic E-state index is 0.411. The van der Waals surface area contributed by atoms with Gasteiger partial charge in [-0.15, -0.1) is 0 Å². The summed E-state index contributed by atoms with van der Waals surface area (Å²) in [5.41, 5.74) is 1.35. The number of hydrogen-bond donors (Lipinski definition) is 1. The number of benzene rings is 1. The summed E-state index contributed by atoms with van der Waals surface area (Å²) in [5.74, 6) is 0. The molecule has 19 heavy (non-hydrogen) atoms. The molecule has 1 rings (SSSR count). The van der Waals surface area contributed by atoms with Crippen LogP contribution in [-0.4, -0.2) is 31.1 Å². The fourth-order valence-electron chi connectivity index (χ4n) is 2.46. The Kier molecular flexibility index (Phi) is 7.66. The van der Waals surface area contributed by atoms with Crippen molar-refractivity contribution in [2.24, 2.45) is 0 Å². The zero-order valence-corrected chi connectivity index (χ0v) is 14.2. The summed E-state index contributed by atoms with van der Waals surface area (Å²) in [4.78, 5) is 2.56. The number of nitrogens with zero attached hydrogens (tertiary/aromatic N) is 1. The maximum Gasteiger partial charge on any atom is 0.0340 e. The lowest BCUT2D eigenvalue weighted by molar-refractivity contribution is 0.204. The van der Waals surface area contributed by atoms with Crippen molar-refractivity contribution >= 4 is 15.9 Å². The molecule has 0 saturated carbocycles. The molecule has 3 heteroatoms. The Balaban J connectivity index is 2.65. The maximum atomic E-state index is 3.65. The third kappa shape index (κ3) is 4.90. The van der Waals surface area contributed by atoms with E-state index < -0.39 is 0 Å². The van der Waals surface area contributed by atoms with Crippen molar-refractivity contribution in [3.63, 3.8) is 0 Å². The first kappa shape index (κ1) is 16.7. The summed E-state index contributed by atoms with van der Waals surface area (Å²) in [6.07, 6.45) is 2.35. The highest BCUT2D eigenvalue weighted by Crippen LogP contribution is 2.25.